The summed E-state index contributed by atoms with van der Waals surface area (Å²) in [6.45, 7) is 6.59. The largest absolute Gasteiger partial charge is 0.297 e. The standard InChI is InChI=1S/C22H28FN/c1-3-24(17-20-7-5-4-6-8-20)18(2)9-10-19-11-13-21(14-12-19)22(23)15-16-22/h4-8,11-14,18H,3,9-10,15-17H2,1-2H3. The molecule has 1 nitrogen and oxygen atoms in total. The maximum atomic E-state index is 14.0. The molecule has 0 spiro atoms. The van der Waals surface area contributed by atoms with E-state index in [0.717, 1.165) is 31.5 Å². The van der Waals surface area contributed by atoms with Crippen molar-refractivity contribution >= 4 is 0 Å². The van der Waals surface area contributed by atoms with Crippen LogP contribution >= 0.6 is 0 Å². The van der Waals surface area contributed by atoms with Crippen molar-refractivity contribution < 1.29 is 4.39 Å². The molecule has 0 amide bonds. The third-order valence-electron chi connectivity index (χ3n) is 5.27. The molecule has 3 rings (SSSR count). The van der Waals surface area contributed by atoms with Gasteiger partial charge in [-0.15, -0.1) is 0 Å². The zero-order chi connectivity index (χ0) is 17.0. The molecule has 0 N–H and O–H groups in total. The van der Waals surface area contributed by atoms with E-state index >= 15 is 0 Å². The Hall–Kier alpha value is -1.67. The van der Waals surface area contributed by atoms with E-state index in [2.05, 4.69) is 61.2 Å². The maximum absolute atomic E-state index is 14.0. The lowest BCUT2D eigenvalue weighted by atomic mass is 10.0. The molecule has 1 fully saturated rings. The highest BCUT2D eigenvalue weighted by atomic mass is 19.1. The quantitative estimate of drug-likeness (QED) is 0.620. The Morgan fingerprint density at radius 3 is 2.25 bits per heavy atom. The molecule has 1 aliphatic carbocycles. The van der Waals surface area contributed by atoms with Gasteiger partial charge in [-0.25, -0.2) is 4.39 Å². The molecule has 2 aromatic rings. The molecule has 0 aromatic heterocycles. The second kappa shape index (κ2) is 7.48. The molecule has 0 bridgehead atoms. The van der Waals surface area contributed by atoms with Crippen molar-refractivity contribution in [1.82, 2.24) is 4.90 Å². The predicted molar refractivity (Wildman–Crippen MR) is 98.8 cm³/mol. The van der Waals surface area contributed by atoms with E-state index in [-0.39, 0.29) is 0 Å². The lowest BCUT2D eigenvalue weighted by molar-refractivity contribution is 0.201. The molecule has 2 heteroatoms. The van der Waals surface area contributed by atoms with Gasteiger partial charge >= 0.3 is 0 Å². The normalized spacial score (nSPS) is 17.0. The van der Waals surface area contributed by atoms with Crippen LogP contribution in [0, 0.1) is 0 Å². The monoisotopic (exact) mass is 325 g/mol. The summed E-state index contributed by atoms with van der Waals surface area (Å²) in [5, 5.41) is 0. The molecular weight excluding hydrogens is 297 g/mol. The average Bonchev–Trinajstić information content (AvgIpc) is 3.37. The van der Waals surface area contributed by atoms with E-state index in [1.54, 1.807) is 0 Å². The van der Waals surface area contributed by atoms with E-state index in [1.165, 1.54) is 11.1 Å². The minimum Gasteiger partial charge on any atom is -0.297 e. The highest BCUT2D eigenvalue weighted by molar-refractivity contribution is 5.31. The Morgan fingerprint density at radius 2 is 1.67 bits per heavy atom. The van der Waals surface area contributed by atoms with E-state index in [1.807, 2.05) is 12.1 Å². The van der Waals surface area contributed by atoms with Gasteiger partial charge in [-0.3, -0.25) is 4.90 Å². The van der Waals surface area contributed by atoms with Gasteiger partial charge in [-0.2, -0.15) is 0 Å². The van der Waals surface area contributed by atoms with Gasteiger partial charge in [0.05, 0.1) is 0 Å². The lowest BCUT2D eigenvalue weighted by Crippen LogP contribution is -2.32. The Balaban J connectivity index is 1.52. The van der Waals surface area contributed by atoms with Gasteiger partial charge in [0.1, 0.15) is 5.67 Å². The third-order valence-corrected chi connectivity index (χ3v) is 5.27. The maximum Gasteiger partial charge on any atom is 0.136 e. The van der Waals surface area contributed by atoms with Crippen LogP contribution in [0.5, 0.6) is 0 Å². The summed E-state index contributed by atoms with van der Waals surface area (Å²) in [4.78, 5) is 2.52. The van der Waals surface area contributed by atoms with Crippen LogP contribution in [0.15, 0.2) is 54.6 Å². The van der Waals surface area contributed by atoms with Crippen LogP contribution in [-0.2, 0) is 18.6 Å². The van der Waals surface area contributed by atoms with Gasteiger partial charge in [-0.1, -0.05) is 61.5 Å². The van der Waals surface area contributed by atoms with Crippen molar-refractivity contribution in [1.29, 1.82) is 0 Å². The van der Waals surface area contributed by atoms with Gasteiger partial charge in [0.15, 0.2) is 0 Å². The number of nitrogens with zero attached hydrogens (tertiary/aromatic N) is 1. The summed E-state index contributed by atoms with van der Waals surface area (Å²) >= 11 is 0. The van der Waals surface area contributed by atoms with Crippen molar-refractivity contribution in [2.24, 2.45) is 0 Å². The zero-order valence-electron chi connectivity index (χ0n) is 14.8. The number of aryl methyl sites for hydroxylation is 1. The number of alkyl halides is 1. The molecule has 0 saturated heterocycles. The van der Waals surface area contributed by atoms with E-state index in [4.69, 9.17) is 0 Å². The molecular formula is C22H28FN. The second-order valence-corrected chi connectivity index (χ2v) is 7.10. The van der Waals surface area contributed by atoms with Crippen LogP contribution < -0.4 is 0 Å². The van der Waals surface area contributed by atoms with E-state index in [0.29, 0.717) is 18.9 Å². The summed E-state index contributed by atoms with van der Waals surface area (Å²) in [6, 6.07) is 19.4. The molecule has 1 atom stereocenters. The summed E-state index contributed by atoms with van der Waals surface area (Å²) in [5.74, 6) is 0. The molecule has 0 heterocycles. The number of halogens is 1. The molecule has 128 valence electrons. The van der Waals surface area contributed by atoms with E-state index < -0.39 is 5.67 Å². The molecule has 1 unspecified atom stereocenters. The molecule has 2 aromatic carbocycles. The first-order valence-corrected chi connectivity index (χ1v) is 9.17. The number of benzene rings is 2. The first kappa shape index (κ1) is 17.2. The molecule has 1 saturated carbocycles. The zero-order valence-corrected chi connectivity index (χ0v) is 14.8. The van der Waals surface area contributed by atoms with Crippen molar-refractivity contribution in [3.63, 3.8) is 0 Å². The lowest BCUT2D eigenvalue weighted by Gasteiger charge is -2.28. The SMILES string of the molecule is CCN(Cc1ccccc1)C(C)CCc1ccc(C2(F)CC2)cc1. The Labute approximate surface area is 145 Å². The van der Waals surface area contributed by atoms with Gasteiger partial charge in [0.2, 0.25) is 0 Å². The van der Waals surface area contributed by atoms with E-state index in [9.17, 15) is 4.39 Å². The van der Waals surface area contributed by atoms with Crippen LogP contribution in [0.4, 0.5) is 4.39 Å². The fourth-order valence-corrected chi connectivity index (χ4v) is 3.32. The van der Waals surface area contributed by atoms with Crippen LogP contribution in [-0.4, -0.2) is 17.5 Å². The topological polar surface area (TPSA) is 3.24 Å². The summed E-state index contributed by atoms with van der Waals surface area (Å²) < 4.78 is 14.0. The van der Waals surface area contributed by atoms with Gasteiger partial charge in [0.25, 0.3) is 0 Å². The average molecular weight is 325 g/mol. The van der Waals surface area contributed by atoms with Gasteiger partial charge in [0, 0.05) is 12.6 Å². The van der Waals surface area contributed by atoms with Gasteiger partial charge < -0.3 is 0 Å². The summed E-state index contributed by atoms with van der Waals surface area (Å²) in [6.07, 6.45) is 3.55. The van der Waals surface area contributed by atoms with Crippen LogP contribution in [0.3, 0.4) is 0 Å². The number of hydrogen-bond donors (Lipinski definition) is 0. The summed E-state index contributed by atoms with van der Waals surface area (Å²) in [5.41, 5.74) is 2.53. The van der Waals surface area contributed by atoms with Crippen LogP contribution in [0.2, 0.25) is 0 Å². The minimum atomic E-state index is -1.01. The van der Waals surface area contributed by atoms with Crippen molar-refractivity contribution in [3.05, 3.63) is 71.3 Å². The van der Waals surface area contributed by atoms with Gasteiger partial charge in [-0.05, 0) is 55.8 Å². The summed E-state index contributed by atoms with van der Waals surface area (Å²) in [7, 11) is 0. The van der Waals surface area contributed by atoms with Crippen molar-refractivity contribution in [2.45, 2.75) is 57.8 Å². The predicted octanol–water partition coefficient (Wildman–Crippen LogP) is 5.49. The highest BCUT2D eigenvalue weighted by Crippen LogP contribution is 2.49. The Kier molecular flexibility index (Phi) is 5.35. The van der Waals surface area contributed by atoms with Crippen molar-refractivity contribution in [2.75, 3.05) is 6.54 Å². The molecule has 0 radical (unpaired) electrons. The molecule has 0 aliphatic heterocycles. The Morgan fingerprint density at radius 1 is 1.00 bits per heavy atom. The highest BCUT2D eigenvalue weighted by Gasteiger charge is 2.44. The van der Waals surface area contributed by atoms with Crippen LogP contribution in [0.1, 0.15) is 49.8 Å². The number of rotatable bonds is 8. The smallest absolute Gasteiger partial charge is 0.136 e. The van der Waals surface area contributed by atoms with Crippen LogP contribution in [0.25, 0.3) is 0 Å². The van der Waals surface area contributed by atoms with Crippen molar-refractivity contribution in [3.8, 4) is 0 Å². The second-order valence-electron chi connectivity index (χ2n) is 7.10. The first-order chi connectivity index (χ1) is 11.6. The number of hydrogen-bond acceptors (Lipinski definition) is 1. The fraction of sp³-hybridized carbons (Fsp3) is 0.455. The minimum absolute atomic E-state index is 0.533. The third kappa shape index (κ3) is 4.24. The first-order valence-electron chi connectivity index (χ1n) is 9.17. The Bertz CT molecular complexity index is 631. The molecule has 1 aliphatic rings. The fourth-order valence-electron chi connectivity index (χ4n) is 3.32. The molecule has 24 heavy (non-hydrogen) atoms.